The van der Waals surface area contributed by atoms with Gasteiger partial charge in [-0.3, -0.25) is 14.4 Å². The molecule has 8 heteroatoms. The van der Waals surface area contributed by atoms with Crippen LogP contribution in [0.2, 0.25) is 0 Å². The fraction of sp³-hybridized carbons (Fsp3) is 0.947. The lowest BCUT2D eigenvalue weighted by Crippen LogP contribution is -2.62. The summed E-state index contributed by atoms with van der Waals surface area (Å²) in [5.74, 6) is -0.179. The van der Waals surface area contributed by atoms with E-state index in [0.717, 1.165) is 77.2 Å². The molecular weight excluding hydrogens is 580 g/mol. The second kappa shape index (κ2) is 19.1. The first-order valence-corrected chi connectivity index (χ1v) is 18.7. The molecule has 0 saturated carbocycles. The molecule has 2 aliphatic heterocycles. The zero-order valence-electron chi connectivity index (χ0n) is 31.6. The Morgan fingerprint density at radius 1 is 0.543 bits per heavy atom. The molecule has 2 aliphatic rings. The van der Waals surface area contributed by atoms with Gasteiger partial charge in [0.1, 0.15) is 12.2 Å². The minimum Gasteiger partial charge on any atom is -0.462 e. The number of nitrogens with zero attached hydrogens (tertiary/aromatic N) is 2. The average Bonchev–Trinajstić information content (AvgIpc) is 2.91. The molecule has 2 rings (SSSR count). The number of rotatable bonds is 21. The van der Waals surface area contributed by atoms with Gasteiger partial charge in [-0.2, -0.15) is 10.1 Å². The maximum atomic E-state index is 12.7. The number of hydrogen-bond donors (Lipinski definition) is 0. The summed E-state index contributed by atoms with van der Waals surface area (Å²) in [6, 6.07) is 0. The van der Waals surface area contributed by atoms with Crippen molar-refractivity contribution in [2.24, 2.45) is 0 Å². The Morgan fingerprint density at radius 3 is 1.28 bits per heavy atom. The largest absolute Gasteiger partial charge is 0.462 e. The highest BCUT2D eigenvalue weighted by molar-refractivity contribution is 5.69. The molecule has 0 N–H and O–H groups in total. The minimum absolute atomic E-state index is 0.0820. The SMILES string of the molecule is CCCCCCCCCON1C(C)(C)CC(OC(=O)CCCCCCCCC(=O)OC2CC(C)(C)N(OC)C(C)(C)C2)CC1(C)C. The normalized spacial score (nSPS) is 21.7. The predicted molar refractivity (Wildman–Crippen MR) is 186 cm³/mol. The van der Waals surface area contributed by atoms with Crippen LogP contribution in [0.15, 0.2) is 0 Å². The lowest BCUT2D eigenvalue weighted by molar-refractivity contribution is -0.293. The summed E-state index contributed by atoms with van der Waals surface area (Å²) >= 11 is 0. The quantitative estimate of drug-likeness (QED) is 0.0896. The van der Waals surface area contributed by atoms with Crippen molar-refractivity contribution in [3.63, 3.8) is 0 Å². The Kier molecular flexibility index (Phi) is 17.0. The van der Waals surface area contributed by atoms with E-state index < -0.39 is 0 Å². The Balaban J connectivity index is 1.57. The number of hydrogen-bond acceptors (Lipinski definition) is 8. The molecular formula is C38H72N2O6. The summed E-state index contributed by atoms with van der Waals surface area (Å²) in [5, 5.41) is 4.21. The lowest BCUT2D eigenvalue weighted by atomic mass is 9.80. The zero-order chi connectivity index (χ0) is 34.4. The molecule has 0 unspecified atom stereocenters. The van der Waals surface area contributed by atoms with Crippen LogP contribution >= 0.6 is 0 Å². The molecule has 0 aromatic rings. The van der Waals surface area contributed by atoms with E-state index in [1.807, 2.05) is 5.06 Å². The van der Waals surface area contributed by atoms with E-state index in [9.17, 15) is 9.59 Å². The van der Waals surface area contributed by atoms with Crippen LogP contribution in [0, 0.1) is 0 Å². The number of carbonyl (C=O) groups excluding carboxylic acids is 2. The Bertz CT molecular complexity index is 866. The molecule has 46 heavy (non-hydrogen) atoms. The summed E-state index contributed by atoms with van der Waals surface area (Å²) in [5.41, 5.74) is -0.788. The highest BCUT2D eigenvalue weighted by Gasteiger charge is 2.48. The summed E-state index contributed by atoms with van der Waals surface area (Å²) in [6.45, 7) is 20.4. The van der Waals surface area contributed by atoms with Crippen LogP contribution in [-0.4, -0.2) is 70.1 Å². The molecule has 0 bridgehead atoms. The monoisotopic (exact) mass is 653 g/mol. The van der Waals surface area contributed by atoms with E-state index in [-0.39, 0.29) is 46.3 Å². The van der Waals surface area contributed by atoms with Crippen LogP contribution in [0.4, 0.5) is 0 Å². The second-order valence-corrected chi connectivity index (χ2v) is 16.6. The van der Waals surface area contributed by atoms with Gasteiger partial charge in [-0.25, -0.2) is 0 Å². The zero-order valence-corrected chi connectivity index (χ0v) is 31.6. The first kappa shape index (κ1) is 41.0. The van der Waals surface area contributed by atoms with Crippen molar-refractivity contribution >= 4 is 11.9 Å². The molecule has 0 atom stereocenters. The smallest absolute Gasteiger partial charge is 0.306 e. The fourth-order valence-electron chi connectivity index (χ4n) is 8.30. The van der Waals surface area contributed by atoms with Gasteiger partial charge < -0.3 is 14.3 Å². The number of ether oxygens (including phenoxy) is 2. The molecule has 2 saturated heterocycles. The summed E-state index contributed by atoms with van der Waals surface area (Å²) in [7, 11) is 1.71. The van der Waals surface area contributed by atoms with Crippen molar-refractivity contribution in [2.45, 2.75) is 219 Å². The van der Waals surface area contributed by atoms with Gasteiger partial charge >= 0.3 is 11.9 Å². The van der Waals surface area contributed by atoms with Crippen molar-refractivity contribution in [2.75, 3.05) is 13.7 Å². The van der Waals surface area contributed by atoms with Crippen molar-refractivity contribution in [3.8, 4) is 0 Å². The van der Waals surface area contributed by atoms with Gasteiger partial charge in [0.25, 0.3) is 0 Å². The van der Waals surface area contributed by atoms with Crippen molar-refractivity contribution in [1.29, 1.82) is 0 Å². The van der Waals surface area contributed by atoms with Gasteiger partial charge in [-0.05, 0) is 74.7 Å². The van der Waals surface area contributed by atoms with E-state index in [0.29, 0.717) is 12.8 Å². The van der Waals surface area contributed by atoms with E-state index in [1.165, 1.54) is 38.5 Å². The molecule has 270 valence electrons. The van der Waals surface area contributed by atoms with Crippen LogP contribution < -0.4 is 0 Å². The molecule has 2 fully saturated rings. The van der Waals surface area contributed by atoms with E-state index in [1.54, 1.807) is 7.11 Å². The molecule has 0 radical (unpaired) electrons. The van der Waals surface area contributed by atoms with Crippen molar-refractivity contribution in [3.05, 3.63) is 0 Å². The third-order valence-electron chi connectivity index (χ3n) is 9.87. The second-order valence-electron chi connectivity index (χ2n) is 16.6. The third kappa shape index (κ3) is 13.7. The number of carbonyl (C=O) groups is 2. The van der Waals surface area contributed by atoms with Crippen LogP contribution in [0.25, 0.3) is 0 Å². The Morgan fingerprint density at radius 2 is 0.891 bits per heavy atom. The van der Waals surface area contributed by atoms with Crippen molar-refractivity contribution < 1.29 is 28.7 Å². The standard InChI is InChI=1S/C38H72N2O6/c1-11-12-13-14-17-20-23-26-44-40-37(6,7)29-32(30-38(40,8)9)46-34(42)25-22-19-16-15-18-21-24-33(41)45-31-27-35(2,3)39(43-10)36(4,5)28-31/h31-32H,11-30H2,1-10H3. The number of hydroxylamine groups is 4. The molecule has 0 amide bonds. The topological polar surface area (TPSA) is 77.5 Å². The lowest BCUT2D eigenvalue weighted by Gasteiger charge is -2.53. The van der Waals surface area contributed by atoms with Crippen LogP contribution in [-0.2, 0) is 28.7 Å². The van der Waals surface area contributed by atoms with E-state index in [4.69, 9.17) is 19.1 Å². The number of piperidine rings is 2. The van der Waals surface area contributed by atoms with Gasteiger partial charge in [0.2, 0.25) is 0 Å². The van der Waals surface area contributed by atoms with Crippen molar-refractivity contribution in [1.82, 2.24) is 10.1 Å². The van der Waals surface area contributed by atoms with E-state index >= 15 is 0 Å². The van der Waals surface area contributed by atoms with Gasteiger partial charge in [-0.1, -0.05) is 71.1 Å². The Hall–Kier alpha value is -1.22. The van der Waals surface area contributed by atoms with Gasteiger partial charge in [-0.15, -0.1) is 0 Å². The molecule has 8 nitrogen and oxygen atoms in total. The fourth-order valence-corrected chi connectivity index (χ4v) is 8.30. The van der Waals surface area contributed by atoms with Gasteiger partial charge in [0.15, 0.2) is 0 Å². The van der Waals surface area contributed by atoms with E-state index in [2.05, 4.69) is 67.4 Å². The van der Waals surface area contributed by atoms with Gasteiger partial charge in [0, 0.05) is 60.7 Å². The molecule has 2 heterocycles. The molecule has 0 aliphatic carbocycles. The molecule has 0 aromatic carbocycles. The summed E-state index contributed by atoms with van der Waals surface area (Å²) < 4.78 is 11.9. The summed E-state index contributed by atoms with van der Waals surface area (Å²) in [6.07, 6.45) is 18.6. The highest BCUT2D eigenvalue weighted by atomic mass is 16.7. The number of unbranched alkanes of at least 4 members (excludes halogenated alkanes) is 11. The maximum absolute atomic E-state index is 12.7. The predicted octanol–water partition coefficient (Wildman–Crippen LogP) is 9.48. The minimum atomic E-state index is -0.199. The number of esters is 2. The summed E-state index contributed by atoms with van der Waals surface area (Å²) in [4.78, 5) is 37.2. The first-order chi connectivity index (χ1) is 21.5. The first-order valence-electron chi connectivity index (χ1n) is 18.7. The van der Waals surface area contributed by atoms with Crippen LogP contribution in [0.3, 0.4) is 0 Å². The van der Waals surface area contributed by atoms with Crippen LogP contribution in [0.1, 0.15) is 184 Å². The van der Waals surface area contributed by atoms with Gasteiger partial charge in [0.05, 0.1) is 13.7 Å². The third-order valence-corrected chi connectivity index (χ3v) is 9.87. The maximum Gasteiger partial charge on any atom is 0.306 e. The average molecular weight is 653 g/mol. The highest BCUT2D eigenvalue weighted by Crippen LogP contribution is 2.41. The van der Waals surface area contributed by atoms with Crippen LogP contribution in [0.5, 0.6) is 0 Å². The molecule has 0 spiro atoms. The Labute approximate surface area is 282 Å². The molecule has 0 aromatic heterocycles.